The number of hydrogen-bond acceptors (Lipinski definition) is 10. The third-order valence-corrected chi connectivity index (χ3v) is 5.59. The minimum Gasteiger partial charge on any atom is -0.395 e. The van der Waals surface area contributed by atoms with E-state index in [9.17, 15) is 15.3 Å². The van der Waals surface area contributed by atoms with Crippen LogP contribution >= 0.6 is 0 Å². The summed E-state index contributed by atoms with van der Waals surface area (Å²) in [6.45, 7) is 1.45. The molecule has 1 saturated heterocycles. The van der Waals surface area contributed by atoms with E-state index >= 15 is 0 Å². The normalized spacial score (nSPS) is 36.8. The maximum atomic E-state index is 10.6. The van der Waals surface area contributed by atoms with Gasteiger partial charge in [-0.1, -0.05) is 0 Å². The van der Waals surface area contributed by atoms with Gasteiger partial charge in [-0.15, -0.1) is 0 Å². The van der Waals surface area contributed by atoms with Crippen LogP contribution in [0.25, 0.3) is 0 Å². The van der Waals surface area contributed by atoms with Crippen LogP contribution in [-0.2, 0) is 9.47 Å². The summed E-state index contributed by atoms with van der Waals surface area (Å²) in [6, 6.07) is -0.926. The topological polar surface area (TPSA) is 181 Å². The van der Waals surface area contributed by atoms with Crippen LogP contribution in [0.2, 0.25) is 0 Å². The summed E-state index contributed by atoms with van der Waals surface area (Å²) in [6.07, 6.45) is 1.64. The highest BCUT2D eigenvalue weighted by atomic mass is 16.7. The second-order valence-electron chi connectivity index (χ2n) is 7.87. The molecular weight excluding hydrogens is 366 g/mol. The van der Waals surface area contributed by atoms with Gasteiger partial charge < -0.3 is 52.6 Å². The highest BCUT2D eigenvalue weighted by Gasteiger charge is 2.41. The van der Waals surface area contributed by atoms with Crippen molar-refractivity contribution in [3.8, 4) is 0 Å². The highest BCUT2D eigenvalue weighted by Crippen LogP contribution is 2.27. The van der Waals surface area contributed by atoms with E-state index in [2.05, 4.69) is 10.6 Å². The first-order chi connectivity index (χ1) is 13.5. The number of aliphatic hydroxyl groups excluding tert-OH is 3. The summed E-state index contributed by atoms with van der Waals surface area (Å²) in [5.74, 6) is 0. The second-order valence-corrected chi connectivity index (χ2v) is 7.87. The molecule has 1 heterocycles. The zero-order chi connectivity index (χ0) is 20.5. The van der Waals surface area contributed by atoms with Gasteiger partial charge in [0.2, 0.25) is 0 Å². The number of aliphatic hydroxyl groups is 3. The standard InChI is InChI=1S/C18H39N5O5/c19-4-1-5-22-15-3-2-13(8-20)27-18(15)28-17-14(21)6-11(7-16(17)26)23-12(9-24)10-25/h11-18,22-26H,1-10,19-21H2/t11-,13+,14+,15-,16-,17?,18-/m1/s1. The van der Waals surface area contributed by atoms with Crippen LogP contribution < -0.4 is 27.8 Å². The van der Waals surface area contributed by atoms with E-state index in [-0.39, 0.29) is 31.4 Å². The van der Waals surface area contributed by atoms with E-state index in [1.807, 2.05) is 0 Å². The number of nitrogens with two attached hydrogens (primary N) is 3. The highest BCUT2D eigenvalue weighted by molar-refractivity contribution is 4.95. The minimum absolute atomic E-state index is 0.00208. The predicted octanol–water partition coefficient (Wildman–Crippen LogP) is -3.06. The summed E-state index contributed by atoms with van der Waals surface area (Å²) in [7, 11) is 0. The quantitative estimate of drug-likeness (QED) is 0.164. The molecule has 0 bridgehead atoms. The van der Waals surface area contributed by atoms with E-state index in [0.717, 1.165) is 25.8 Å². The van der Waals surface area contributed by atoms with Gasteiger partial charge in [-0.05, 0) is 45.2 Å². The molecule has 2 rings (SSSR count). The van der Waals surface area contributed by atoms with Crippen molar-refractivity contribution < 1.29 is 24.8 Å². The average molecular weight is 406 g/mol. The van der Waals surface area contributed by atoms with Crippen molar-refractivity contribution in [2.45, 2.75) is 80.9 Å². The smallest absolute Gasteiger partial charge is 0.173 e. The van der Waals surface area contributed by atoms with Crippen molar-refractivity contribution >= 4 is 0 Å². The van der Waals surface area contributed by atoms with Crippen molar-refractivity contribution in [2.24, 2.45) is 17.2 Å². The van der Waals surface area contributed by atoms with Crippen LogP contribution in [-0.4, -0.2) is 96.9 Å². The van der Waals surface area contributed by atoms with Crippen LogP contribution in [0.4, 0.5) is 0 Å². The second kappa shape index (κ2) is 12.3. The number of rotatable bonds is 11. The van der Waals surface area contributed by atoms with Crippen molar-refractivity contribution in [1.29, 1.82) is 0 Å². The van der Waals surface area contributed by atoms with E-state index in [1.54, 1.807) is 0 Å². The molecule has 10 heteroatoms. The Hall–Kier alpha value is -0.400. The molecule has 10 nitrogen and oxygen atoms in total. The Kier molecular flexibility index (Phi) is 10.5. The molecule has 11 N–H and O–H groups in total. The molecule has 0 radical (unpaired) electrons. The van der Waals surface area contributed by atoms with E-state index in [0.29, 0.717) is 25.9 Å². The van der Waals surface area contributed by atoms with E-state index in [4.69, 9.17) is 26.7 Å². The number of nitrogens with one attached hydrogen (secondary N) is 2. The molecule has 0 spiro atoms. The lowest BCUT2D eigenvalue weighted by Crippen LogP contribution is -2.60. The van der Waals surface area contributed by atoms with Crippen LogP contribution in [0.3, 0.4) is 0 Å². The fourth-order valence-electron chi connectivity index (χ4n) is 3.99. The molecule has 1 saturated carbocycles. The van der Waals surface area contributed by atoms with Gasteiger partial charge >= 0.3 is 0 Å². The zero-order valence-electron chi connectivity index (χ0n) is 16.6. The first-order valence-electron chi connectivity index (χ1n) is 10.4. The molecule has 0 aromatic carbocycles. The van der Waals surface area contributed by atoms with Crippen LogP contribution in [0, 0.1) is 0 Å². The van der Waals surface area contributed by atoms with Gasteiger partial charge in [0.15, 0.2) is 6.29 Å². The molecule has 1 aliphatic heterocycles. The minimum atomic E-state index is -0.772. The first kappa shape index (κ1) is 23.9. The molecule has 1 aliphatic carbocycles. The largest absolute Gasteiger partial charge is 0.395 e. The lowest BCUT2D eigenvalue weighted by molar-refractivity contribution is -0.247. The Morgan fingerprint density at radius 3 is 2.50 bits per heavy atom. The van der Waals surface area contributed by atoms with Gasteiger partial charge in [0, 0.05) is 18.6 Å². The Morgan fingerprint density at radius 2 is 1.89 bits per heavy atom. The molecule has 0 amide bonds. The predicted molar refractivity (Wildman–Crippen MR) is 105 cm³/mol. The van der Waals surface area contributed by atoms with Gasteiger partial charge in [0.05, 0.1) is 37.5 Å². The molecule has 2 aliphatic rings. The molecule has 0 aromatic rings. The summed E-state index contributed by atoms with van der Waals surface area (Å²) >= 11 is 0. The Morgan fingerprint density at radius 1 is 1.14 bits per heavy atom. The van der Waals surface area contributed by atoms with Crippen molar-refractivity contribution in [2.75, 3.05) is 32.8 Å². The molecule has 1 unspecified atom stereocenters. The molecule has 28 heavy (non-hydrogen) atoms. The summed E-state index contributed by atoms with van der Waals surface area (Å²) in [4.78, 5) is 0. The molecule has 0 aromatic heterocycles. The Bertz CT molecular complexity index is 417. The maximum Gasteiger partial charge on any atom is 0.173 e. The summed E-state index contributed by atoms with van der Waals surface area (Å²) in [5, 5.41) is 35.7. The Balaban J connectivity index is 1.94. The van der Waals surface area contributed by atoms with Crippen molar-refractivity contribution in [3.63, 3.8) is 0 Å². The monoisotopic (exact) mass is 405 g/mol. The number of hydrogen-bond donors (Lipinski definition) is 8. The lowest BCUT2D eigenvalue weighted by atomic mass is 9.86. The third-order valence-electron chi connectivity index (χ3n) is 5.59. The van der Waals surface area contributed by atoms with Crippen LogP contribution in [0.1, 0.15) is 32.1 Å². The molecule has 166 valence electrons. The molecular formula is C18H39N5O5. The third kappa shape index (κ3) is 6.84. The van der Waals surface area contributed by atoms with Gasteiger partial charge in [-0.2, -0.15) is 0 Å². The van der Waals surface area contributed by atoms with Gasteiger partial charge in [0.25, 0.3) is 0 Å². The van der Waals surface area contributed by atoms with Gasteiger partial charge in [-0.25, -0.2) is 0 Å². The van der Waals surface area contributed by atoms with Gasteiger partial charge in [0.1, 0.15) is 6.10 Å². The van der Waals surface area contributed by atoms with Crippen molar-refractivity contribution in [1.82, 2.24) is 10.6 Å². The fourth-order valence-corrected chi connectivity index (χ4v) is 3.99. The maximum absolute atomic E-state index is 10.6. The van der Waals surface area contributed by atoms with Crippen LogP contribution in [0.5, 0.6) is 0 Å². The fraction of sp³-hybridized carbons (Fsp3) is 1.00. The lowest BCUT2D eigenvalue weighted by Gasteiger charge is -2.43. The van der Waals surface area contributed by atoms with E-state index < -0.39 is 30.6 Å². The Labute approximate surface area is 167 Å². The zero-order valence-corrected chi connectivity index (χ0v) is 16.6. The first-order valence-corrected chi connectivity index (χ1v) is 10.4. The average Bonchev–Trinajstić information content (AvgIpc) is 2.69. The van der Waals surface area contributed by atoms with E-state index in [1.165, 1.54) is 0 Å². The van der Waals surface area contributed by atoms with Crippen molar-refractivity contribution in [3.05, 3.63) is 0 Å². The summed E-state index contributed by atoms with van der Waals surface area (Å²) in [5.41, 5.74) is 17.6. The van der Waals surface area contributed by atoms with Gasteiger partial charge in [-0.3, -0.25) is 0 Å². The molecule has 2 fully saturated rings. The molecule has 7 atom stereocenters. The SMILES string of the molecule is NCCCN[C@@H]1CC[C@@H](CN)O[C@@H]1OC1[C@H](O)C[C@H](NC(CO)CO)C[C@@H]1N. The summed E-state index contributed by atoms with van der Waals surface area (Å²) < 4.78 is 12.2. The van der Waals surface area contributed by atoms with Crippen LogP contribution in [0.15, 0.2) is 0 Å². The number of ether oxygens (including phenoxy) is 2.